The molecule has 0 saturated carbocycles. The van der Waals surface area contributed by atoms with E-state index in [4.69, 9.17) is 4.42 Å². The fourth-order valence-corrected chi connectivity index (χ4v) is 4.67. The van der Waals surface area contributed by atoms with Gasteiger partial charge < -0.3 is 19.1 Å². The van der Waals surface area contributed by atoms with Gasteiger partial charge >= 0.3 is 0 Å². The molecule has 1 amide bonds. The number of carbonyl (C=O) groups is 1. The number of nitrogens with zero attached hydrogens (tertiary/aromatic N) is 5. The maximum absolute atomic E-state index is 13.1. The van der Waals surface area contributed by atoms with Crippen LogP contribution in [0.4, 0.5) is 11.5 Å². The highest BCUT2D eigenvalue weighted by atomic mass is 16.3. The lowest BCUT2D eigenvalue weighted by molar-refractivity contribution is -0.136. The number of benzene rings is 1. The van der Waals surface area contributed by atoms with Crippen molar-refractivity contribution in [2.24, 2.45) is 5.92 Å². The number of aryl methyl sites for hydroxylation is 1. The molecule has 2 saturated heterocycles. The highest BCUT2D eigenvalue weighted by molar-refractivity contribution is 5.79. The highest BCUT2D eigenvalue weighted by Crippen LogP contribution is 2.26. The summed E-state index contributed by atoms with van der Waals surface area (Å²) in [6.45, 7) is 7.16. The third-order valence-corrected chi connectivity index (χ3v) is 6.55. The number of aromatic nitrogens is 2. The fraction of sp³-hybridized carbons (Fsp3) is 0.400. The predicted molar refractivity (Wildman–Crippen MR) is 125 cm³/mol. The number of hydrogen-bond donors (Lipinski definition) is 0. The first-order chi connectivity index (χ1) is 15.7. The second-order valence-corrected chi connectivity index (χ2v) is 8.67. The Morgan fingerprint density at radius 2 is 1.72 bits per heavy atom. The van der Waals surface area contributed by atoms with Gasteiger partial charge in [-0.2, -0.15) is 0 Å². The molecule has 2 fully saturated rings. The Morgan fingerprint density at radius 1 is 0.906 bits per heavy atom. The van der Waals surface area contributed by atoms with Crippen molar-refractivity contribution < 1.29 is 9.21 Å². The third-order valence-electron chi connectivity index (χ3n) is 6.55. The largest absolute Gasteiger partial charge is 0.463 e. The molecule has 0 unspecified atom stereocenters. The van der Waals surface area contributed by atoms with Gasteiger partial charge in [-0.1, -0.05) is 12.1 Å². The lowest BCUT2D eigenvalue weighted by Crippen LogP contribution is -2.51. The molecule has 0 radical (unpaired) electrons. The van der Waals surface area contributed by atoms with Crippen molar-refractivity contribution in [1.29, 1.82) is 0 Å². The molecule has 2 aliphatic rings. The number of furan rings is 1. The summed E-state index contributed by atoms with van der Waals surface area (Å²) in [4.78, 5) is 19.8. The molecule has 32 heavy (non-hydrogen) atoms. The number of anilines is 2. The molecule has 0 bridgehead atoms. The summed E-state index contributed by atoms with van der Waals surface area (Å²) < 4.78 is 5.38. The van der Waals surface area contributed by atoms with Crippen LogP contribution in [0.3, 0.4) is 0 Å². The molecule has 0 aliphatic carbocycles. The Morgan fingerprint density at radius 3 is 2.38 bits per heavy atom. The van der Waals surface area contributed by atoms with E-state index in [2.05, 4.69) is 56.1 Å². The third kappa shape index (κ3) is 4.33. The van der Waals surface area contributed by atoms with E-state index in [1.54, 1.807) is 6.26 Å². The zero-order chi connectivity index (χ0) is 21.9. The minimum absolute atomic E-state index is 0.104. The normalized spacial score (nSPS) is 17.6. The molecule has 0 spiro atoms. The summed E-state index contributed by atoms with van der Waals surface area (Å²) in [5.41, 5.74) is 3.26. The van der Waals surface area contributed by atoms with Gasteiger partial charge in [-0.05, 0) is 61.7 Å². The van der Waals surface area contributed by atoms with Crippen LogP contribution in [0, 0.1) is 12.8 Å². The zero-order valence-corrected chi connectivity index (χ0v) is 18.5. The lowest BCUT2D eigenvalue weighted by Gasteiger charge is -2.39. The maximum Gasteiger partial charge on any atom is 0.225 e. The van der Waals surface area contributed by atoms with E-state index >= 15 is 0 Å². The molecule has 7 heteroatoms. The van der Waals surface area contributed by atoms with Crippen molar-refractivity contribution in [1.82, 2.24) is 15.1 Å². The van der Waals surface area contributed by atoms with E-state index in [1.165, 1.54) is 11.3 Å². The van der Waals surface area contributed by atoms with Crippen LogP contribution in [0.25, 0.3) is 11.5 Å². The Hall–Kier alpha value is -3.35. The van der Waals surface area contributed by atoms with Gasteiger partial charge in [-0.3, -0.25) is 4.79 Å². The summed E-state index contributed by atoms with van der Waals surface area (Å²) in [7, 11) is 0. The van der Waals surface area contributed by atoms with Crippen LogP contribution >= 0.6 is 0 Å². The molecule has 0 N–H and O–H groups in total. The number of hydrogen-bond acceptors (Lipinski definition) is 6. The van der Waals surface area contributed by atoms with Gasteiger partial charge in [0.15, 0.2) is 11.6 Å². The van der Waals surface area contributed by atoms with Crippen LogP contribution < -0.4 is 9.80 Å². The van der Waals surface area contributed by atoms with Gasteiger partial charge in [-0.25, -0.2) is 0 Å². The molecule has 0 atom stereocenters. The number of carbonyl (C=O) groups excluding carboxylic acids is 1. The van der Waals surface area contributed by atoms with E-state index < -0.39 is 0 Å². The van der Waals surface area contributed by atoms with Gasteiger partial charge in [0.05, 0.1) is 6.26 Å². The zero-order valence-electron chi connectivity index (χ0n) is 18.5. The molecule has 2 aliphatic heterocycles. The van der Waals surface area contributed by atoms with E-state index in [0.29, 0.717) is 5.91 Å². The number of piperidine rings is 1. The molecule has 5 rings (SSSR count). The fourth-order valence-electron chi connectivity index (χ4n) is 4.67. The molecule has 166 valence electrons. The van der Waals surface area contributed by atoms with Crippen molar-refractivity contribution in [3.8, 4) is 11.5 Å². The summed E-state index contributed by atoms with van der Waals surface area (Å²) in [5.74, 6) is 1.99. The van der Waals surface area contributed by atoms with Crippen molar-refractivity contribution in [2.75, 3.05) is 49.1 Å². The van der Waals surface area contributed by atoms with Gasteiger partial charge in [-0.15, -0.1) is 10.2 Å². The van der Waals surface area contributed by atoms with E-state index in [0.717, 1.165) is 69.4 Å². The van der Waals surface area contributed by atoms with Crippen LogP contribution in [-0.2, 0) is 4.79 Å². The molecule has 7 nitrogen and oxygen atoms in total. The quantitative estimate of drug-likeness (QED) is 0.629. The van der Waals surface area contributed by atoms with Crippen LogP contribution in [0.1, 0.15) is 18.4 Å². The average molecular weight is 432 g/mol. The first-order valence-corrected chi connectivity index (χ1v) is 11.4. The SMILES string of the molecule is Cc1cccc(N2CCN(C(=O)C3CCN(c4ccc(-c5ccco5)nn4)CC3)CC2)c1. The monoisotopic (exact) mass is 431 g/mol. The second-order valence-electron chi connectivity index (χ2n) is 8.67. The molecule has 3 aromatic rings. The summed E-state index contributed by atoms with van der Waals surface area (Å²) in [6, 6.07) is 16.2. The highest BCUT2D eigenvalue weighted by Gasteiger charge is 2.31. The molecule has 1 aromatic carbocycles. The average Bonchev–Trinajstić information content (AvgIpc) is 3.39. The van der Waals surface area contributed by atoms with E-state index in [1.807, 2.05) is 24.3 Å². The standard InChI is InChI=1S/C25H29N5O2/c1-19-4-2-5-21(18-19)28-13-15-30(16-14-28)25(31)20-9-11-29(12-10-20)24-8-7-22(26-27-24)23-6-3-17-32-23/h2-8,17-18,20H,9-16H2,1H3. The van der Waals surface area contributed by atoms with Crippen LogP contribution in [0.2, 0.25) is 0 Å². The van der Waals surface area contributed by atoms with Gasteiger partial charge in [0, 0.05) is 50.9 Å². The summed E-state index contributed by atoms with van der Waals surface area (Å²) in [6.07, 6.45) is 3.35. The Balaban J connectivity index is 1.12. The van der Waals surface area contributed by atoms with Crippen molar-refractivity contribution in [2.45, 2.75) is 19.8 Å². The van der Waals surface area contributed by atoms with Crippen LogP contribution in [0.5, 0.6) is 0 Å². The van der Waals surface area contributed by atoms with Crippen molar-refractivity contribution >= 4 is 17.4 Å². The number of amides is 1. The van der Waals surface area contributed by atoms with Gasteiger partial charge in [0.1, 0.15) is 5.69 Å². The van der Waals surface area contributed by atoms with Crippen LogP contribution in [-0.4, -0.2) is 60.3 Å². The maximum atomic E-state index is 13.1. The minimum Gasteiger partial charge on any atom is -0.463 e. The Kier molecular flexibility index (Phi) is 5.79. The Bertz CT molecular complexity index is 1030. The lowest BCUT2D eigenvalue weighted by atomic mass is 9.95. The van der Waals surface area contributed by atoms with Gasteiger partial charge in [0.2, 0.25) is 5.91 Å². The topological polar surface area (TPSA) is 65.7 Å². The predicted octanol–water partition coefficient (Wildman–Crippen LogP) is 3.61. The summed E-state index contributed by atoms with van der Waals surface area (Å²) >= 11 is 0. The summed E-state index contributed by atoms with van der Waals surface area (Å²) in [5, 5.41) is 8.67. The van der Waals surface area contributed by atoms with Crippen molar-refractivity contribution in [3.05, 3.63) is 60.4 Å². The van der Waals surface area contributed by atoms with Gasteiger partial charge in [0.25, 0.3) is 0 Å². The molecular formula is C25H29N5O2. The van der Waals surface area contributed by atoms with Crippen molar-refractivity contribution in [3.63, 3.8) is 0 Å². The second kappa shape index (κ2) is 9.02. The van der Waals surface area contributed by atoms with E-state index in [-0.39, 0.29) is 5.92 Å². The molecule has 4 heterocycles. The molecule has 2 aromatic heterocycles. The minimum atomic E-state index is 0.104. The Labute approximate surface area is 188 Å². The molecular weight excluding hydrogens is 402 g/mol. The number of rotatable bonds is 4. The first-order valence-electron chi connectivity index (χ1n) is 11.4. The first kappa shape index (κ1) is 20.5. The van der Waals surface area contributed by atoms with Crippen LogP contribution in [0.15, 0.2) is 59.2 Å². The number of piperazine rings is 1. The smallest absolute Gasteiger partial charge is 0.225 e. The van der Waals surface area contributed by atoms with E-state index in [9.17, 15) is 4.79 Å².